The quantitative estimate of drug-likeness (QED) is 0.228. The molecule has 5 rings (SSSR count). The van der Waals surface area contributed by atoms with Crippen molar-refractivity contribution < 1.29 is 31.8 Å². The van der Waals surface area contributed by atoms with Gasteiger partial charge in [0.1, 0.15) is 5.82 Å². The number of aromatic nitrogens is 3. The summed E-state index contributed by atoms with van der Waals surface area (Å²) in [6.45, 7) is 12.5. The van der Waals surface area contributed by atoms with Crippen molar-refractivity contribution in [2.45, 2.75) is 44.8 Å². The number of halogens is 4. The van der Waals surface area contributed by atoms with E-state index in [0.29, 0.717) is 57.6 Å². The lowest BCUT2D eigenvalue weighted by atomic mass is 10.1. The van der Waals surface area contributed by atoms with Crippen LogP contribution in [0.2, 0.25) is 25.7 Å². The Labute approximate surface area is 273 Å². The minimum absolute atomic E-state index is 0.0726. The van der Waals surface area contributed by atoms with E-state index in [9.17, 15) is 18.0 Å². The van der Waals surface area contributed by atoms with Gasteiger partial charge in [0.2, 0.25) is 11.8 Å². The Morgan fingerprint density at radius 3 is 2.51 bits per heavy atom. The van der Waals surface area contributed by atoms with E-state index in [1.54, 1.807) is 6.07 Å². The van der Waals surface area contributed by atoms with Gasteiger partial charge < -0.3 is 29.5 Å². The molecule has 2 fully saturated rings. The molecule has 0 radical (unpaired) electrons. The third-order valence-electron chi connectivity index (χ3n) is 8.38. The van der Waals surface area contributed by atoms with E-state index in [4.69, 9.17) is 9.47 Å². The monoisotopic (exact) mass is 675 g/mol. The number of carbonyl (C=O) groups excluding carboxylic acids is 1. The number of alkyl halides is 3. The van der Waals surface area contributed by atoms with E-state index < -0.39 is 37.1 Å². The van der Waals surface area contributed by atoms with E-state index >= 15 is 4.39 Å². The molecule has 10 nitrogen and oxygen atoms in total. The Hall–Kier alpha value is -3.82. The van der Waals surface area contributed by atoms with E-state index in [1.165, 1.54) is 18.3 Å². The highest BCUT2D eigenvalue weighted by molar-refractivity contribution is 6.76. The van der Waals surface area contributed by atoms with Crippen molar-refractivity contribution in [1.82, 2.24) is 19.9 Å². The molecule has 2 saturated heterocycles. The van der Waals surface area contributed by atoms with Crippen molar-refractivity contribution in [3.63, 3.8) is 0 Å². The van der Waals surface area contributed by atoms with Crippen LogP contribution >= 0.6 is 0 Å². The maximum absolute atomic E-state index is 15.9. The Bertz CT molecular complexity index is 1580. The standard InChI is InChI=1S/C32H41F4N7O3Si/c1-21-20-43(9-8-41(21)2)28-18-25(33)22(26-6-7-37-31(40-26)42-10-12-45-13-11-42)16-27(28)39-30(44)23-19-38-29(17-24(23)32(34,35)36)46-14-15-47(3,4)5/h6-7,16-19,21H,8-15,20H2,1-5H3,(H,39,44)/t21-/m0/s1. The number of piperazine rings is 1. The SMILES string of the molecule is C[C@H]1CN(c2cc(F)c(-c3ccnc(N4CCOCC4)n3)cc2NC(=O)c2cnc(OCC[Si](C)(C)C)cc2C(F)(F)F)CCN1C. The van der Waals surface area contributed by atoms with Crippen LogP contribution in [0.4, 0.5) is 34.9 Å². The van der Waals surface area contributed by atoms with Crippen LogP contribution in [0, 0.1) is 5.82 Å². The minimum atomic E-state index is -4.85. The first kappa shape index (κ1) is 34.5. The zero-order valence-corrected chi connectivity index (χ0v) is 28.3. The maximum atomic E-state index is 15.9. The number of hydrogen-bond donors (Lipinski definition) is 1. The number of anilines is 3. The van der Waals surface area contributed by atoms with Crippen LogP contribution in [0.3, 0.4) is 0 Å². The topological polar surface area (TPSA) is 96.0 Å². The Kier molecular flexibility index (Phi) is 10.4. The minimum Gasteiger partial charge on any atom is -0.478 e. The lowest BCUT2D eigenvalue weighted by molar-refractivity contribution is -0.138. The molecule has 0 saturated carbocycles. The van der Waals surface area contributed by atoms with Crippen LogP contribution in [0.15, 0.2) is 36.7 Å². The number of ether oxygens (including phenoxy) is 2. The van der Waals surface area contributed by atoms with Crippen LogP contribution in [0.5, 0.6) is 5.88 Å². The van der Waals surface area contributed by atoms with Crippen LogP contribution in [-0.4, -0.2) is 99.5 Å². The average Bonchev–Trinajstić information content (AvgIpc) is 3.02. The number of benzene rings is 1. The van der Waals surface area contributed by atoms with E-state index in [-0.39, 0.29) is 35.5 Å². The van der Waals surface area contributed by atoms with Gasteiger partial charge in [-0.05, 0) is 38.2 Å². The lowest BCUT2D eigenvalue weighted by Crippen LogP contribution is -2.50. The number of nitrogens with zero attached hydrogens (tertiary/aromatic N) is 6. The van der Waals surface area contributed by atoms with Gasteiger partial charge in [-0.3, -0.25) is 4.79 Å². The van der Waals surface area contributed by atoms with Gasteiger partial charge in [-0.1, -0.05) is 19.6 Å². The Morgan fingerprint density at radius 1 is 1.09 bits per heavy atom. The number of carbonyl (C=O) groups is 1. The Balaban J connectivity index is 1.51. The summed E-state index contributed by atoms with van der Waals surface area (Å²) in [5.41, 5.74) is -0.992. The number of likely N-dealkylation sites (N-methyl/N-ethyl adjacent to an activating group) is 1. The van der Waals surface area contributed by atoms with Crippen molar-refractivity contribution >= 4 is 31.3 Å². The molecule has 2 aliphatic heterocycles. The predicted molar refractivity (Wildman–Crippen MR) is 176 cm³/mol. The van der Waals surface area contributed by atoms with Crippen LogP contribution in [0.1, 0.15) is 22.8 Å². The molecule has 0 aliphatic carbocycles. The molecule has 4 heterocycles. The lowest BCUT2D eigenvalue weighted by Gasteiger charge is -2.39. The highest BCUT2D eigenvalue weighted by Crippen LogP contribution is 2.37. The van der Waals surface area contributed by atoms with Gasteiger partial charge in [-0.2, -0.15) is 13.2 Å². The number of hydrogen-bond acceptors (Lipinski definition) is 9. The molecule has 15 heteroatoms. The zero-order valence-electron chi connectivity index (χ0n) is 27.3. The first-order valence-corrected chi connectivity index (χ1v) is 19.4. The Morgan fingerprint density at radius 2 is 1.83 bits per heavy atom. The molecule has 47 heavy (non-hydrogen) atoms. The second-order valence-electron chi connectivity index (χ2n) is 13.1. The molecule has 0 bridgehead atoms. The summed E-state index contributed by atoms with van der Waals surface area (Å²) in [5.74, 6) is -1.42. The number of amides is 1. The van der Waals surface area contributed by atoms with Crippen molar-refractivity contribution in [3.05, 3.63) is 53.6 Å². The zero-order chi connectivity index (χ0) is 33.9. The maximum Gasteiger partial charge on any atom is 0.417 e. The molecule has 1 atom stereocenters. The third-order valence-corrected chi connectivity index (χ3v) is 10.1. The van der Waals surface area contributed by atoms with Crippen molar-refractivity contribution in [3.8, 4) is 17.1 Å². The van der Waals surface area contributed by atoms with Gasteiger partial charge in [0.05, 0.1) is 48.0 Å². The van der Waals surface area contributed by atoms with Gasteiger partial charge in [-0.15, -0.1) is 0 Å². The predicted octanol–water partition coefficient (Wildman–Crippen LogP) is 5.64. The highest BCUT2D eigenvalue weighted by Gasteiger charge is 2.37. The van der Waals surface area contributed by atoms with Crippen molar-refractivity contribution in [1.29, 1.82) is 0 Å². The second kappa shape index (κ2) is 14.1. The highest BCUT2D eigenvalue weighted by atomic mass is 28.3. The summed E-state index contributed by atoms with van der Waals surface area (Å²) < 4.78 is 69.7. The molecule has 1 aromatic carbocycles. The average molecular weight is 676 g/mol. The molecule has 0 spiro atoms. The fraction of sp³-hybridized carbons (Fsp3) is 0.500. The summed E-state index contributed by atoms with van der Waals surface area (Å²) >= 11 is 0. The van der Waals surface area contributed by atoms with E-state index in [1.807, 2.05) is 23.8 Å². The first-order chi connectivity index (χ1) is 22.2. The fourth-order valence-corrected chi connectivity index (χ4v) is 6.10. The van der Waals surface area contributed by atoms with E-state index in [2.05, 4.69) is 44.8 Å². The van der Waals surface area contributed by atoms with Crippen LogP contribution < -0.4 is 19.9 Å². The molecule has 254 valence electrons. The van der Waals surface area contributed by atoms with Gasteiger partial charge in [0.25, 0.3) is 5.91 Å². The van der Waals surface area contributed by atoms with E-state index in [0.717, 1.165) is 18.3 Å². The molecule has 1 N–H and O–H groups in total. The van der Waals surface area contributed by atoms with Crippen LogP contribution in [0.25, 0.3) is 11.3 Å². The molecule has 0 unspecified atom stereocenters. The van der Waals surface area contributed by atoms with Gasteiger partial charge in [-0.25, -0.2) is 19.3 Å². The molecule has 1 amide bonds. The summed E-state index contributed by atoms with van der Waals surface area (Å²) in [6, 6.07) is 5.88. The summed E-state index contributed by atoms with van der Waals surface area (Å²) in [6.07, 6.45) is -2.45. The van der Waals surface area contributed by atoms with Crippen LogP contribution in [-0.2, 0) is 10.9 Å². The van der Waals surface area contributed by atoms with Crippen molar-refractivity contribution in [2.75, 3.05) is 74.7 Å². The molecule has 3 aromatic rings. The molecular weight excluding hydrogens is 634 g/mol. The van der Waals surface area contributed by atoms with Gasteiger partial charge >= 0.3 is 6.18 Å². The first-order valence-electron chi connectivity index (χ1n) is 15.7. The molecular formula is C32H41F4N7O3Si. The second-order valence-corrected chi connectivity index (χ2v) is 18.8. The largest absolute Gasteiger partial charge is 0.478 e. The number of morpholine rings is 1. The fourth-order valence-electron chi connectivity index (χ4n) is 5.38. The third kappa shape index (κ3) is 8.56. The molecule has 2 aliphatic rings. The summed E-state index contributed by atoms with van der Waals surface area (Å²) in [4.78, 5) is 32.6. The number of rotatable bonds is 9. The summed E-state index contributed by atoms with van der Waals surface area (Å²) in [5, 5.41) is 2.65. The summed E-state index contributed by atoms with van der Waals surface area (Å²) in [7, 11) is 0.491. The van der Waals surface area contributed by atoms with Crippen molar-refractivity contribution in [2.24, 2.45) is 0 Å². The number of nitrogens with one attached hydrogen (secondary N) is 1. The van der Waals surface area contributed by atoms with Gasteiger partial charge in [0, 0.05) is 70.9 Å². The van der Waals surface area contributed by atoms with Gasteiger partial charge in [0.15, 0.2) is 0 Å². The molecule has 2 aromatic heterocycles. The smallest absolute Gasteiger partial charge is 0.417 e. The normalized spacial score (nSPS) is 17.9. The number of pyridine rings is 1.